The van der Waals surface area contributed by atoms with E-state index >= 15 is 0 Å². The Bertz CT molecular complexity index is 756. The van der Waals surface area contributed by atoms with E-state index in [4.69, 9.17) is 0 Å². The Labute approximate surface area is 150 Å². The first-order valence-corrected chi connectivity index (χ1v) is 9.28. The summed E-state index contributed by atoms with van der Waals surface area (Å²) in [5.74, 6) is 0.830. The van der Waals surface area contributed by atoms with Crippen LogP contribution in [0.5, 0.6) is 0 Å². The molecule has 25 heavy (non-hydrogen) atoms. The second-order valence-electron chi connectivity index (χ2n) is 6.00. The number of methoxy groups -OCH3 is 1. The molecule has 7 heteroatoms. The summed E-state index contributed by atoms with van der Waals surface area (Å²) >= 11 is 1.25. The van der Waals surface area contributed by atoms with Crippen molar-refractivity contribution in [1.82, 2.24) is 9.78 Å². The number of carbonyl (C=O) groups is 2. The van der Waals surface area contributed by atoms with E-state index in [9.17, 15) is 9.59 Å². The molecule has 132 valence electrons. The van der Waals surface area contributed by atoms with Crippen LogP contribution in [0.2, 0.25) is 0 Å². The topological polar surface area (TPSA) is 73.2 Å². The largest absolute Gasteiger partial charge is 0.468 e. The maximum Gasteiger partial charge on any atom is 0.318 e. The highest BCUT2D eigenvalue weighted by Crippen LogP contribution is 2.40. The predicted octanol–water partition coefficient (Wildman–Crippen LogP) is 2.98. The molecule has 3 rings (SSSR count). The van der Waals surface area contributed by atoms with Gasteiger partial charge in [0.2, 0.25) is 5.91 Å². The number of ether oxygens (including phenoxy) is 1. The van der Waals surface area contributed by atoms with Crippen LogP contribution in [-0.2, 0) is 14.3 Å². The summed E-state index contributed by atoms with van der Waals surface area (Å²) in [5.41, 5.74) is 1.91. The van der Waals surface area contributed by atoms with Gasteiger partial charge in [-0.1, -0.05) is 18.2 Å². The molecule has 0 radical (unpaired) electrons. The summed E-state index contributed by atoms with van der Waals surface area (Å²) < 4.78 is 6.43. The summed E-state index contributed by atoms with van der Waals surface area (Å²) in [4.78, 5) is 23.7. The number of hydrogen-bond acceptors (Lipinski definition) is 5. The molecule has 2 aromatic rings. The monoisotopic (exact) mass is 359 g/mol. The molecule has 0 aliphatic heterocycles. The lowest BCUT2D eigenvalue weighted by molar-refractivity contribution is -0.139. The molecule has 1 fully saturated rings. The number of hydrogen-bond donors (Lipinski definition) is 1. The number of carbonyl (C=O) groups excluding carboxylic acids is 2. The second-order valence-corrected chi connectivity index (χ2v) is 7.33. The van der Waals surface area contributed by atoms with E-state index < -0.39 is 0 Å². The normalized spacial score (nSPS) is 14.8. The standard InChI is InChI=1S/C18H21N3O3S/c1-12(18(23)24-2)25-11-17(22)19-16-10-15(13-8-9-13)20-21(16)14-6-4-3-5-7-14/h3-7,10,12-13H,8-9,11H2,1-2H3,(H,19,22). The van der Waals surface area contributed by atoms with E-state index in [0.29, 0.717) is 11.7 Å². The van der Waals surface area contributed by atoms with Crippen molar-refractivity contribution >= 4 is 29.5 Å². The minimum absolute atomic E-state index is 0.166. The Morgan fingerprint density at radius 3 is 2.72 bits per heavy atom. The third-order valence-electron chi connectivity index (χ3n) is 3.99. The first-order chi connectivity index (χ1) is 12.1. The summed E-state index contributed by atoms with van der Waals surface area (Å²) in [6.45, 7) is 1.73. The smallest absolute Gasteiger partial charge is 0.318 e. The molecule has 1 aromatic carbocycles. The molecule has 1 unspecified atom stereocenters. The minimum atomic E-state index is -0.378. The van der Waals surface area contributed by atoms with Gasteiger partial charge >= 0.3 is 5.97 Å². The number of aromatic nitrogens is 2. The molecule has 1 atom stereocenters. The van der Waals surface area contributed by atoms with Gasteiger partial charge in [0.25, 0.3) is 0 Å². The van der Waals surface area contributed by atoms with Crippen LogP contribution in [-0.4, -0.2) is 39.8 Å². The van der Waals surface area contributed by atoms with Gasteiger partial charge in [-0.15, -0.1) is 11.8 Å². The van der Waals surface area contributed by atoms with E-state index in [0.717, 1.165) is 24.2 Å². The molecular weight excluding hydrogens is 338 g/mol. The third-order valence-corrected chi connectivity index (χ3v) is 5.11. The van der Waals surface area contributed by atoms with Crippen molar-refractivity contribution in [3.8, 4) is 5.69 Å². The number of nitrogens with zero attached hydrogens (tertiary/aromatic N) is 2. The number of thioether (sulfide) groups is 1. The van der Waals surface area contributed by atoms with Gasteiger partial charge in [0.15, 0.2) is 0 Å². The van der Waals surface area contributed by atoms with Gasteiger partial charge in [0.1, 0.15) is 11.1 Å². The summed E-state index contributed by atoms with van der Waals surface area (Å²) in [6, 6.07) is 11.7. The number of esters is 1. The summed E-state index contributed by atoms with van der Waals surface area (Å²) in [6.07, 6.45) is 2.29. The van der Waals surface area contributed by atoms with Gasteiger partial charge < -0.3 is 10.1 Å². The number of para-hydroxylation sites is 1. The first kappa shape index (κ1) is 17.5. The number of anilines is 1. The minimum Gasteiger partial charge on any atom is -0.468 e. The number of nitrogens with one attached hydrogen (secondary N) is 1. The highest BCUT2D eigenvalue weighted by Gasteiger charge is 2.28. The molecule has 1 amide bonds. The number of benzene rings is 1. The van der Waals surface area contributed by atoms with Crippen LogP contribution in [0.3, 0.4) is 0 Å². The maximum atomic E-state index is 12.3. The van der Waals surface area contributed by atoms with Crippen molar-refractivity contribution in [1.29, 1.82) is 0 Å². The van der Waals surface area contributed by atoms with Crippen LogP contribution < -0.4 is 5.32 Å². The van der Waals surface area contributed by atoms with Crippen molar-refractivity contribution in [2.75, 3.05) is 18.2 Å². The predicted molar refractivity (Wildman–Crippen MR) is 98.1 cm³/mol. The average Bonchev–Trinajstić information content (AvgIpc) is 3.40. The molecule has 1 aliphatic carbocycles. The van der Waals surface area contributed by atoms with Gasteiger partial charge in [0, 0.05) is 12.0 Å². The zero-order chi connectivity index (χ0) is 17.8. The van der Waals surface area contributed by atoms with Crippen LogP contribution >= 0.6 is 11.8 Å². The fourth-order valence-corrected chi connectivity index (χ4v) is 3.15. The van der Waals surface area contributed by atoms with Crippen LogP contribution in [0.4, 0.5) is 5.82 Å². The molecule has 6 nitrogen and oxygen atoms in total. The van der Waals surface area contributed by atoms with Crippen molar-refractivity contribution in [3.05, 3.63) is 42.1 Å². The third kappa shape index (κ3) is 4.42. The molecule has 1 saturated carbocycles. The summed E-state index contributed by atoms with van der Waals surface area (Å²) in [5, 5.41) is 7.19. The van der Waals surface area contributed by atoms with Gasteiger partial charge in [-0.2, -0.15) is 5.10 Å². The molecule has 1 aromatic heterocycles. The lowest BCUT2D eigenvalue weighted by Gasteiger charge is -2.10. The molecule has 1 heterocycles. The fraction of sp³-hybridized carbons (Fsp3) is 0.389. The first-order valence-electron chi connectivity index (χ1n) is 8.23. The van der Waals surface area contributed by atoms with E-state index in [-0.39, 0.29) is 22.9 Å². The van der Waals surface area contributed by atoms with Crippen LogP contribution in [0, 0.1) is 0 Å². The number of rotatable bonds is 7. The van der Waals surface area contributed by atoms with Crippen molar-refractivity contribution in [3.63, 3.8) is 0 Å². The van der Waals surface area contributed by atoms with Gasteiger partial charge in [0.05, 0.1) is 24.2 Å². The van der Waals surface area contributed by atoms with Gasteiger partial charge in [-0.3, -0.25) is 9.59 Å². The fourth-order valence-electron chi connectivity index (χ4n) is 2.45. The highest BCUT2D eigenvalue weighted by atomic mass is 32.2. The van der Waals surface area contributed by atoms with Crippen molar-refractivity contribution < 1.29 is 14.3 Å². The van der Waals surface area contributed by atoms with E-state index in [1.54, 1.807) is 11.6 Å². The Balaban J connectivity index is 1.71. The zero-order valence-corrected chi connectivity index (χ0v) is 15.1. The van der Waals surface area contributed by atoms with E-state index in [2.05, 4.69) is 15.2 Å². The quantitative estimate of drug-likeness (QED) is 0.770. The van der Waals surface area contributed by atoms with Crippen LogP contribution in [0.25, 0.3) is 5.69 Å². The van der Waals surface area contributed by atoms with Crippen molar-refractivity contribution in [2.24, 2.45) is 0 Å². The average molecular weight is 359 g/mol. The van der Waals surface area contributed by atoms with E-state index in [1.165, 1.54) is 18.9 Å². The van der Waals surface area contributed by atoms with Gasteiger partial charge in [-0.25, -0.2) is 4.68 Å². The number of amides is 1. The molecule has 0 spiro atoms. The Hall–Kier alpha value is -2.28. The van der Waals surface area contributed by atoms with E-state index in [1.807, 2.05) is 36.4 Å². The zero-order valence-electron chi connectivity index (χ0n) is 14.3. The Morgan fingerprint density at radius 2 is 2.08 bits per heavy atom. The molecule has 1 aliphatic rings. The molecule has 1 N–H and O–H groups in total. The maximum absolute atomic E-state index is 12.3. The highest BCUT2D eigenvalue weighted by molar-refractivity contribution is 8.01. The van der Waals surface area contributed by atoms with Gasteiger partial charge in [-0.05, 0) is 31.9 Å². The molecule has 0 bridgehead atoms. The lowest BCUT2D eigenvalue weighted by Crippen LogP contribution is -2.21. The lowest BCUT2D eigenvalue weighted by atomic mass is 10.3. The molecule has 0 saturated heterocycles. The second kappa shape index (κ2) is 7.74. The summed E-state index contributed by atoms with van der Waals surface area (Å²) in [7, 11) is 1.34. The van der Waals surface area contributed by atoms with Crippen LogP contribution in [0.15, 0.2) is 36.4 Å². The Morgan fingerprint density at radius 1 is 1.36 bits per heavy atom. The SMILES string of the molecule is COC(=O)C(C)SCC(=O)Nc1cc(C2CC2)nn1-c1ccccc1. The van der Waals surface area contributed by atoms with Crippen LogP contribution in [0.1, 0.15) is 31.4 Å². The molecular formula is C18H21N3O3S. The Kier molecular flexibility index (Phi) is 5.43. The van der Waals surface area contributed by atoms with Crippen molar-refractivity contribution in [2.45, 2.75) is 30.9 Å².